The first-order valence-corrected chi connectivity index (χ1v) is 9.22. The number of fused-ring (bicyclic) bond motifs is 2. The lowest BCUT2D eigenvalue weighted by atomic mass is 9.89. The fourth-order valence-electron chi connectivity index (χ4n) is 3.16. The van der Waals surface area contributed by atoms with Crippen LogP contribution in [-0.2, 0) is 10.8 Å². The van der Waals surface area contributed by atoms with Gasteiger partial charge in [-0.1, -0.05) is 66.7 Å². The van der Waals surface area contributed by atoms with Gasteiger partial charge in [0.2, 0.25) is 5.78 Å². The molecule has 3 nitrogen and oxygen atoms in total. The Labute approximate surface area is 153 Å². The van der Waals surface area contributed by atoms with E-state index >= 15 is 0 Å². The molecule has 1 aliphatic heterocycles. The van der Waals surface area contributed by atoms with E-state index in [2.05, 4.69) is 6.07 Å². The predicted octanol–water partition coefficient (Wildman–Crippen LogP) is 4.38. The summed E-state index contributed by atoms with van der Waals surface area (Å²) in [5, 5.41) is 9.82. The molecule has 1 heterocycles. The molecule has 0 saturated heterocycles. The maximum Gasteiger partial charge on any atom is 0.204 e. The quantitative estimate of drug-likeness (QED) is 0.305. The molecule has 4 heteroatoms. The second kappa shape index (κ2) is 6.55. The molecule has 3 aromatic carbocycles. The predicted molar refractivity (Wildman–Crippen MR) is 100.0 cm³/mol. The highest BCUT2D eigenvalue weighted by Crippen LogP contribution is 2.41. The molecule has 3 aromatic rings. The summed E-state index contributed by atoms with van der Waals surface area (Å²) in [6.45, 7) is 0. The number of carbonyl (C=O) groups is 1. The number of rotatable bonds is 2. The van der Waals surface area contributed by atoms with Gasteiger partial charge in [-0.05, 0) is 12.1 Å². The monoisotopic (exact) mass is 355 g/mol. The van der Waals surface area contributed by atoms with Gasteiger partial charge in [-0.3, -0.25) is 4.79 Å². The van der Waals surface area contributed by atoms with Crippen LogP contribution < -0.4 is 0 Å². The number of ketones is 1. The number of nitriles is 1. The Hall–Kier alpha value is -3.29. The second-order valence-electron chi connectivity index (χ2n) is 5.82. The van der Waals surface area contributed by atoms with Crippen LogP contribution >= 0.6 is 0 Å². The SMILES string of the molecule is N#CC(C(=O)c1ccccc1)=C1c2ccccc2S(=O)c2ccccc21. The van der Waals surface area contributed by atoms with Gasteiger partial charge in [0.05, 0.1) is 20.6 Å². The van der Waals surface area contributed by atoms with E-state index in [1.807, 2.05) is 42.5 Å². The van der Waals surface area contributed by atoms with Crippen LogP contribution in [0.15, 0.2) is 94.2 Å². The summed E-state index contributed by atoms with van der Waals surface area (Å²) in [6, 6.07) is 25.3. The number of benzene rings is 3. The van der Waals surface area contributed by atoms with Crippen LogP contribution in [0, 0.1) is 11.3 Å². The van der Waals surface area contributed by atoms with Gasteiger partial charge in [-0.2, -0.15) is 5.26 Å². The fourth-order valence-corrected chi connectivity index (χ4v) is 4.54. The highest BCUT2D eigenvalue weighted by atomic mass is 32.2. The Bertz CT molecular complexity index is 1070. The van der Waals surface area contributed by atoms with Crippen molar-refractivity contribution in [3.8, 4) is 6.07 Å². The Balaban J connectivity index is 2.06. The molecule has 0 aromatic heterocycles. The Kier molecular flexibility index (Phi) is 4.08. The molecule has 0 fully saturated rings. The molecule has 0 amide bonds. The average molecular weight is 355 g/mol. The highest BCUT2D eigenvalue weighted by molar-refractivity contribution is 7.85. The van der Waals surface area contributed by atoms with Crippen LogP contribution in [-0.4, -0.2) is 9.99 Å². The molecule has 1 aliphatic rings. The topological polar surface area (TPSA) is 57.9 Å². The first-order chi connectivity index (χ1) is 12.7. The molecule has 124 valence electrons. The summed E-state index contributed by atoms with van der Waals surface area (Å²) in [5.41, 5.74) is 2.41. The van der Waals surface area contributed by atoms with E-state index in [9.17, 15) is 14.3 Å². The smallest absolute Gasteiger partial charge is 0.204 e. The van der Waals surface area contributed by atoms with E-state index in [-0.39, 0.29) is 11.4 Å². The van der Waals surface area contributed by atoms with Gasteiger partial charge >= 0.3 is 0 Å². The minimum Gasteiger partial charge on any atom is -0.288 e. The van der Waals surface area contributed by atoms with Crippen molar-refractivity contribution in [1.29, 1.82) is 5.26 Å². The van der Waals surface area contributed by atoms with Crippen LogP contribution in [0.4, 0.5) is 0 Å². The van der Waals surface area contributed by atoms with Crippen molar-refractivity contribution >= 4 is 22.2 Å². The zero-order valence-corrected chi connectivity index (χ0v) is 14.5. The number of hydrogen-bond acceptors (Lipinski definition) is 3. The number of carbonyl (C=O) groups excluding carboxylic acids is 1. The molecule has 4 rings (SSSR count). The number of Topliss-reactive ketones (excluding diaryl/α,β-unsaturated/α-hetero) is 1. The van der Waals surface area contributed by atoms with Crippen LogP contribution in [0.1, 0.15) is 21.5 Å². The fraction of sp³-hybridized carbons (Fsp3) is 0. The normalized spacial score (nSPS) is 14.7. The summed E-state index contributed by atoms with van der Waals surface area (Å²) in [6.07, 6.45) is 0. The van der Waals surface area contributed by atoms with Crippen molar-refractivity contribution in [3.05, 3.63) is 101 Å². The van der Waals surface area contributed by atoms with Crippen LogP contribution in [0.5, 0.6) is 0 Å². The Morgan fingerprint density at radius 2 is 1.27 bits per heavy atom. The van der Waals surface area contributed by atoms with E-state index in [0.717, 1.165) is 0 Å². The second-order valence-corrected chi connectivity index (χ2v) is 7.24. The van der Waals surface area contributed by atoms with E-state index in [0.29, 0.717) is 32.1 Å². The lowest BCUT2D eigenvalue weighted by Crippen LogP contribution is -2.13. The maximum absolute atomic E-state index is 13.0. The van der Waals surface area contributed by atoms with Crippen molar-refractivity contribution in [2.75, 3.05) is 0 Å². The van der Waals surface area contributed by atoms with E-state index in [1.54, 1.807) is 36.4 Å². The van der Waals surface area contributed by atoms with Gasteiger partial charge in [0.1, 0.15) is 11.6 Å². The highest BCUT2D eigenvalue weighted by Gasteiger charge is 2.30. The van der Waals surface area contributed by atoms with Crippen molar-refractivity contribution in [2.45, 2.75) is 9.79 Å². The van der Waals surface area contributed by atoms with E-state index in [4.69, 9.17) is 0 Å². The summed E-state index contributed by atoms with van der Waals surface area (Å²) < 4.78 is 12.9. The molecule has 0 aliphatic carbocycles. The molecule has 0 radical (unpaired) electrons. The van der Waals surface area contributed by atoms with E-state index in [1.165, 1.54) is 0 Å². The minimum atomic E-state index is -1.34. The Morgan fingerprint density at radius 3 is 1.81 bits per heavy atom. The first kappa shape index (κ1) is 16.2. The van der Waals surface area contributed by atoms with Crippen molar-refractivity contribution < 1.29 is 9.00 Å². The van der Waals surface area contributed by atoms with Gasteiger partial charge in [-0.15, -0.1) is 0 Å². The summed E-state index contributed by atoms with van der Waals surface area (Å²) in [5.74, 6) is -0.333. The number of nitrogens with zero attached hydrogens (tertiary/aromatic N) is 1. The van der Waals surface area contributed by atoms with E-state index < -0.39 is 10.8 Å². The van der Waals surface area contributed by atoms with Gasteiger partial charge in [0.25, 0.3) is 0 Å². The molecule has 0 unspecified atom stereocenters. The largest absolute Gasteiger partial charge is 0.288 e. The molecule has 0 atom stereocenters. The standard InChI is InChI=1S/C22H13NO2S/c23-14-18(22(24)15-8-2-1-3-9-15)21-16-10-4-6-12-19(16)26(25)20-13-7-5-11-17(20)21/h1-13H. The van der Waals surface area contributed by atoms with Crippen molar-refractivity contribution in [1.82, 2.24) is 0 Å². The summed E-state index contributed by atoms with van der Waals surface area (Å²) >= 11 is 0. The third kappa shape index (κ3) is 2.50. The molecular formula is C22H13NO2S. The first-order valence-electron chi connectivity index (χ1n) is 8.07. The molecule has 0 spiro atoms. The number of allylic oxidation sites excluding steroid dienone is 1. The zero-order chi connectivity index (χ0) is 18.1. The van der Waals surface area contributed by atoms with Crippen molar-refractivity contribution in [2.24, 2.45) is 0 Å². The van der Waals surface area contributed by atoms with Gasteiger partial charge in [-0.25, -0.2) is 4.21 Å². The van der Waals surface area contributed by atoms with Crippen LogP contribution in [0.25, 0.3) is 5.57 Å². The van der Waals surface area contributed by atoms with Crippen LogP contribution in [0.2, 0.25) is 0 Å². The summed E-state index contributed by atoms with van der Waals surface area (Å²) in [7, 11) is -1.34. The average Bonchev–Trinajstić information content (AvgIpc) is 2.71. The van der Waals surface area contributed by atoms with Crippen molar-refractivity contribution in [3.63, 3.8) is 0 Å². The van der Waals surface area contributed by atoms with Gasteiger partial charge in [0, 0.05) is 22.3 Å². The van der Waals surface area contributed by atoms with Gasteiger partial charge < -0.3 is 0 Å². The third-order valence-electron chi connectivity index (χ3n) is 4.34. The third-order valence-corrected chi connectivity index (χ3v) is 5.85. The lowest BCUT2D eigenvalue weighted by Gasteiger charge is -2.22. The molecule has 0 bridgehead atoms. The summed E-state index contributed by atoms with van der Waals surface area (Å²) in [4.78, 5) is 14.3. The molecule has 26 heavy (non-hydrogen) atoms. The minimum absolute atomic E-state index is 0.0628. The van der Waals surface area contributed by atoms with Gasteiger partial charge in [0.15, 0.2) is 0 Å². The number of hydrogen-bond donors (Lipinski definition) is 0. The Morgan fingerprint density at radius 1 is 0.769 bits per heavy atom. The maximum atomic E-state index is 13.0. The lowest BCUT2D eigenvalue weighted by molar-refractivity contribution is 0.103. The molecule has 0 saturated carbocycles. The molecular weight excluding hydrogens is 342 g/mol. The van der Waals surface area contributed by atoms with Crippen LogP contribution in [0.3, 0.4) is 0 Å². The zero-order valence-electron chi connectivity index (χ0n) is 13.7. The molecule has 0 N–H and O–H groups in total.